The monoisotopic (exact) mass is 312 g/mol. The molecule has 0 spiro atoms. The molecule has 1 fully saturated rings. The zero-order valence-corrected chi connectivity index (χ0v) is 13.4. The van der Waals surface area contributed by atoms with Gasteiger partial charge in [-0.3, -0.25) is 4.79 Å². The predicted octanol–water partition coefficient (Wildman–Crippen LogP) is 3.02. The smallest absolute Gasteiger partial charge is 0.254 e. The summed E-state index contributed by atoms with van der Waals surface area (Å²) in [5.74, 6) is 0.668. The van der Waals surface area contributed by atoms with Gasteiger partial charge >= 0.3 is 0 Å². The van der Waals surface area contributed by atoms with E-state index in [9.17, 15) is 4.79 Å². The van der Waals surface area contributed by atoms with Crippen molar-refractivity contribution >= 4 is 17.2 Å². The number of nitrogens with zero attached hydrogens (tertiary/aromatic N) is 1. The number of thiophene rings is 1. The molecule has 3 nitrogen and oxygen atoms in total. The van der Waals surface area contributed by atoms with E-state index in [2.05, 4.69) is 28.9 Å². The quantitative estimate of drug-likeness (QED) is 0.924. The van der Waals surface area contributed by atoms with Crippen LogP contribution in [-0.2, 0) is 13.0 Å². The number of benzene rings is 1. The molecule has 1 atom stereocenters. The van der Waals surface area contributed by atoms with Crippen LogP contribution in [0.1, 0.15) is 38.7 Å². The fourth-order valence-electron chi connectivity index (χ4n) is 3.56. The number of nitrogens with one attached hydrogen (secondary N) is 1. The maximum absolute atomic E-state index is 13.0. The molecule has 2 aliphatic rings. The van der Waals surface area contributed by atoms with Gasteiger partial charge in [-0.15, -0.1) is 11.3 Å². The topological polar surface area (TPSA) is 32.3 Å². The summed E-state index contributed by atoms with van der Waals surface area (Å²) in [6, 6.07) is 10.3. The Morgan fingerprint density at radius 2 is 2.18 bits per heavy atom. The van der Waals surface area contributed by atoms with E-state index in [0.717, 1.165) is 44.6 Å². The van der Waals surface area contributed by atoms with E-state index in [1.807, 2.05) is 28.4 Å². The molecule has 1 amide bonds. The molecule has 1 aromatic carbocycles. The van der Waals surface area contributed by atoms with Gasteiger partial charge in [-0.25, -0.2) is 0 Å². The molecule has 0 bridgehead atoms. The number of carbonyl (C=O) groups is 1. The summed E-state index contributed by atoms with van der Waals surface area (Å²) in [4.78, 5) is 16.5. The minimum atomic E-state index is 0.194. The van der Waals surface area contributed by atoms with Crippen molar-refractivity contribution in [2.75, 3.05) is 19.6 Å². The zero-order valence-electron chi connectivity index (χ0n) is 12.5. The standard InChI is InChI=1S/C18H20N2OS/c21-18(20-9-6-17-14(12-20)7-10-22-17)16-4-2-1-3-15(16)13-5-8-19-11-13/h1-4,7,10,13,19H,5-6,8-9,11-12H2. The molecule has 1 N–H and O–H groups in total. The summed E-state index contributed by atoms with van der Waals surface area (Å²) in [6.45, 7) is 3.63. The lowest BCUT2D eigenvalue weighted by Crippen LogP contribution is -2.36. The summed E-state index contributed by atoms with van der Waals surface area (Å²) in [6.07, 6.45) is 2.12. The van der Waals surface area contributed by atoms with Crippen molar-refractivity contribution in [1.82, 2.24) is 10.2 Å². The first-order valence-corrected chi connectivity index (χ1v) is 8.85. The van der Waals surface area contributed by atoms with Gasteiger partial charge in [0.25, 0.3) is 5.91 Å². The highest BCUT2D eigenvalue weighted by Gasteiger charge is 2.27. The molecule has 2 aliphatic heterocycles. The van der Waals surface area contributed by atoms with Gasteiger partial charge in [0, 0.05) is 30.1 Å². The maximum Gasteiger partial charge on any atom is 0.254 e. The maximum atomic E-state index is 13.0. The number of amides is 1. The molecule has 1 saturated heterocycles. The third kappa shape index (κ3) is 2.46. The normalized spacial score (nSPS) is 20.9. The molecule has 1 unspecified atom stereocenters. The van der Waals surface area contributed by atoms with Gasteiger partial charge in [0.15, 0.2) is 0 Å². The van der Waals surface area contributed by atoms with Crippen LogP contribution in [0, 0.1) is 0 Å². The first-order valence-electron chi connectivity index (χ1n) is 7.97. The molecule has 4 rings (SSSR count). The Balaban J connectivity index is 1.61. The number of fused-ring (bicyclic) bond motifs is 1. The molecule has 114 valence electrons. The second-order valence-electron chi connectivity index (χ2n) is 6.12. The average Bonchev–Trinajstić information content (AvgIpc) is 3.24. The Bertz CT molecular complexity index is 688. The van der Waals surface area contributed by atoms with Gasteiger partial charge in [0.05, 0.1) is 0 Å². The zero-order chi connectivity index (χ0) is 14.9. The summed E-state index contributed by atoms with van der Waals surface area (Å²) in [5, 5.41) is 5.54. The summed E-state index contributed by atoms with van der Waals surface area (Å²) in [5.41, 5.74) is 3.44. The van der Waals surface area contributed by atoms with Crippen molar-refractivity contribution in [3.05, 3.63) is 57.3 Å². The Kier molecular flexibility index (Phi) is 3.72. The van der Waals surface area contributed by atoms with E-state index in [-0.39, 0.29) is 5.91 Å². The van der Waals surface area contributed by atoms with Crippen LogP contribution in [0.4, 0.5) is 0 Å². The molecule has 1 aromatic heterocycles. The van der Waals surface area contributed by atoms with Crippen molar-refractivity contribution in [2.45, 2.75) is 25.3 Å². The van der Waals surface area contributed by atoms with Crippen LogP contribution in [0.3, 0.4) is 0 Å². The summed E-state index contributed by atoms with van der Waals surface area (Å²) >= 11 is 1.81. The molecular weight excluding hydrogens is 292 g/mol. The lowest BCUT2D eigenvalue weighted by Gasteiger charge is -2.28. The van der Waals surface area contributed by atoms with Gasteiger partial charge in [-0.2, -0.15) is 0 Å². The molecule has 0 saturated carbocycles. The first kappa shape index (κ1) is 14.0. The van der Waals surface area contributed by atoms with Crippen molar-refractivity contribution in [2.24, 2.45) is 0 Å². The van der Waals surface area contributed by atoms with Crippen LogP contribution in [0.25, 0.3) is 0 Å². The molecule has 2 aromatic rings. The minimum Gasteiger partial charge on any atom is -0.334 e. The van der Waals surface area contributed by atoms with Gasteiger partial charge in [0.1, 0.15) is 0 Å². The molecule has 3 heterocycles. The highest BCUT2D eigenvalue weighted by molar-refractivity contribution is 7.10. The lowest BCUT2D eigenvalue weighted by molar-refractivity contribution is 0.0734. The van der Waals surface area contributed by atoms with Crippen molar-refractivity contribution in [3.63, 3.8) is 0 Å². The van der Waals surface area contributed by atoms with Crippen molar-refractivity contribution in [1.29, 1.82) is 0 Å². The van der Waals surface area contributed by atoms with Crippen LogP contribution in [0.5, 0.6) is 0 Å². The molecular formula is C18H20N2OS. The van der Waals surface area contributed by atoms with Gasteiger partial charge in [-0.05, 0) is 53.9 Å². The van der Waals surface area contributed by atoms with E-state index in [4.69, 9.17) is 0 Å². The Hall–Kier alpha value is -1.65. The molecule has 22 heavy (non-hydrogen) atoms. The number of rotatable bonds is 2. The molecule has 0 radical (unpaired) electrons. The Labute approximate surface area is 135 Å². The fraction of sp³-hybridized carbons (Fsp3) is 0.389. The fourth-order valence-corrected chi connectivity index (χ4v) is 4.45. The van der Waals surface area contributed by atoms with Gasteiger partial charge in [-0.1, -0.05) is 18.2 Å². The van der Waals surface area contributed by atoms with Crippen molar-refractivity contribution in [3.8, 4) is 0 Å². The first-order chi connectivity index (χ1) is 10.8. The summed E-state index contributed by atoms with van der Waals surface area (Å²) in [7, 11) is 0. The second-order valence-corrected chi connectivity index (χ2v) is 7.12. The highest BCUT2D eigenvalue weighted by Crippen LogP contribution is 2.29. The van der Waals surface area contributed by atoms with Gasteiger partial charge in [0.2, 0.25) is 0 Å². The third-order valence-electron chi connectivity index (χ3n) is 4.79. The number of hydrogen-bond acceptors (Lipinski definition) is 3. The van der Waals surface area contributed by atoms with Crippen molar-refractivity contribution < 1.29 is 4.79 Å². The van der Waals surface area contributed by atoms with Crippen LogP contribution in [0.2, 0.25) is 0 Å². The third-order valence-corrected chi connectivity index (χ3v) is 5.81. The van der Waals surface area contributed by atoms with E-state index in [1.54, 1.807) is 0 Å². The summed E-state index contributed by atoms with van der Waals surface area (Å²) < 4.78 is 0. The van der Waals surface area contributed by atoms with Crippen LogP contribution < -0.4 is 5.32 Å². The molecule has 0 aliphatic carbocycles. The minimum absolute atomic E-state index is 0.194. The lowest BCUT2D eigenvalue weighted by atomic mass is 9.92. The SMILES string of the molecule is O=C(c1ccccc1C1CCNC1)N1CCc2sccc2C1. The van der Waals surface area contributed by atoms with E-state index < -0.39 is 0 Å². The Morgan fingerprint density at radius 3 is 3.05 bits per heavy atom. The van der Waals surface area contributed by atoms with E-state index >= 15 is 0 Å². The second kappa shape index (κ2) is 5.86. The Morgan fingerprint density at radius 1 is 1.27 bits per heavy atom. The highest BCUT2D eigenvalue weighted by atomic mass is 32.1. The predicted molar refractivity (Wildman–Crippen MR) is 89.4 cm³/mol. The van der Waals surface area contributed by atoms with Crippen LogP contribution >= 0.6 is 11.3 Å². The molecule has 4 heteroatoms. The van der Waals surface area contributed by atoms with Gasteiger partial charge < -0.3 is 10.2 Å². The van der Waals surface area contributed by atoms with Crippen LogP contribution in [-0.4, -0.2) is 30.4 Å². The van der Waals surface area contributed by atoms with Crippen LogP contribution in [0.15, 0.2) is 35.7 Å². The average molecular weight is 312 g/mol. The van der Waals surface area contributed by atoms with E-state index in [1.165, 1.54) is 16.0 Å². The number of hydrogen-bond donors (Lipinski definition) is 1. The number of carbonyl (C=O) groups excluding carboxylic acids is 1. The van der Waals surface area contributed by atoms with E-state index in [0.29, 0.717) is 5.92 Å². The largest absolute Gasteiger partial charge is 0.334 e.